The molecule has 0 aliphatic carbocycles. The maximum atomic E-state index is 11.6. The molecule has 3 rings (SSSR count). The Morgan fingerprint density at radius 3 is 2.83 bits per heavy atom. The fourth-order valence-corrected chi connectivity index (χ4v) is 2.60. The number of nitrogens with one attached hydrogen (secondary N) is 1. The zero-order valence-electron chi connectivity index (χ0n) is 13.0. The Morgan fingerprint density at radius 1 is 1.46 bits per heavy atom. The van der Waals surface area contributed by atoms with Gasteiger partial charge in [0, 0.05) is 6.42 Å². The van der Waals surface area contributed by atoms with Gasteiger partial charge in [0.15, 0.2) is 11.2 Å². The number of H-pyrrole nitrogens is 1. The van der Waals surface area contributed by atoms with Gasteiger partial charge in [-0.3, -0.25) is 9.36 Å². The van der Waals surface area contributed by atoms with Crippen molar-refractivity contribution in [3.8, 4) is 0 Å². The van der Waals surface area contributed by atoms with E-state index in [0.717, 1.165) is 0 Å². The van der Waals surface area contributed by atoms with E-state index in [1.54, 1.807) is 0 Å². The smallest absolute Gasteiger partial charge is 0.790 e. The second kappa shape index (κ2) is 8.85. The van der Waals surface area contributed by atoms with Crippen molar-refractivity contribution in [1.82, 2.24) is 19.5 Å². The summed E-state index contributed by atoms with van der Waals surface area (Å²) in [7, 11) is -5.14. The number of imidazole rings is 1. The summed E-state index contributed by atoms with van der Waals surface area (Å²) in [5, 5.41) is 9.86. The van der Waals surface area contributed by atoms with E-state index in [2.05, 4.69) is 19.5 Å². The van der Waals surface area contributed by atoms with Crippen molar-refractivity contribution in [1.29, 1.82) is 0 Å². The Kier molecular flexibility index (Phi) is 8.27. The fourth-order valence-electron chi connectivity index (χ4n) is 2.27. The van der Waals surface area contributed by atoms with Crippen LogP contribution in [-0.2, 0) is 13.8 Å². The van der Waals surface area contributed by atoms with E-state index < -0.39 is 38.4 Å². The Bertz CT molecular complexity index is 793. The van der Waals surface area contributed by atoms with Gasteiger partial charge in [-0.1, -0.05) is 0 Å². The zero-order chi connectivity index (χ0) is 15.9. The van der Waals surface area contributed by atoms with Gasteiger partial charge in [-0.25, -0.2) is 9.97 Å². The first-order valence-corrected chi connectivity index (χ1v) is 7.71. The molecule has 24 heavy (non-hydrogen) atoms. The van der Waals surface area contributed by atoms with Crippen LogP contribution in [0.5, 0.6) is 0 Å². The summed E-state index contributed by atoms with van der Waals surface area (Å²) in [4.78, 5) is 42.8. The van der Waals surface area contributed by atoms with E-state index in [-0.39, 0.29) is 76.7 Å². The van der Waals surface area contributed by atoms with Crippen molar-refractivity contribution in [3.05, 3.63) is 23.0 Å². The van der Waals surface area contributed by atoms with E-state index in [1.165, 1.54) is 17.2 Å². The van der Waals surface area contributed by atoms with Gasteiger partial charge in [0.05, 0.1) is 33.2 Å². The topological polar surface area (TPSA) is 165 Å². The molecule has 14 heteroatoms. The molecule has 3 heterocycles. The minimum Gasteiger partial charge on any atom is -0.790 e. The number of aliphatic hydroxyl groups is 1. The zero-order valence-corrected chi connectivity index (χ0v) is 17.9. The Balaban J connectivity index is 0.00000144. The average molecular weight is 376 g/mol. The molecule has 1 aliphatic heterocycles. The third-order valence-corrected chi connectivity index (χ3v) is 3.74. The molecule has 2 aromatic rings. The molecule has 0 radical (unpaired) electrons. The first kappa shape index (κ1) is 22.4. The van der Waals surface area contributed by atoms with E-state index >= 15 is 0 Å². The van der Waals surface area contributed by atoms with Gasteiger partial charge in [-0.05, 0) is 0 Å². The summed E-state index contributed by atoms with van der Waals surface area (Å²) < 4.78 is 21.5. The summed E-state index contributed by atoms with van der Waals surface area (Å²) in [5.41, 5.74) is -0.0365. The van der Waals surface area contributed by atoms with Crippen LogP contribution in [0.25, 0.3) is 11.2 Å². The van der Waals surface area contributed by atoms with Crippen molar-refractivity contribution in [3.63, 3.8) is 0 Å². The van der Waals surface area contributed by atoms with Crippen LogP contribution in [0.1, 0.15) is 12.6 Å². The molecule has 2 N–H and O–H groups in total. The number of aromatic amines is 1. The molecule has 0 aromatic carbocycles. The fraction of sp³-hybridized carbons (Fsp3) is 0.500. The van der Waals surface area contributed by atoms with Crippen LogP contribution in [0.15, 0.2) is 17.4 Å². The third kappa shape index (κ3) is 4.97. The summed E-state index contributed by atoms with van der Waals surface area (Å²) in [6.07, 6.45) is -0.0764. The average Bonchev–Trinajstić information content (AvgIpc) is 3.00. The summed E-state index contributed by atoms with van der Waals surface area (Å²) in [5.74, 6) is 0. The first-order valence-electron chi connectivity index (χ1n) is 6.25. The Morgan fingerprint density at radius 2 is 2.17 bits per heavy atom. The molecule has 120 valence electrons. The normalized spacial score (nSPS) is 23.7. The number of hydrogen-bond acceptors (Lipinski definition) is 9. The molecule has 0 unspecified atom stereocenters. The van der Waals surface area contributed by atoms with Gasteiger partial charge in [0.25, 0.3) is 5.56 Å². The van der Waals surface area contributed by atoms with Gasteiger partial charge < -0.3 is 33.7 Å². The van der Waals surface area contributed by atoms with Crippen molar-refractivity contribution in [2.45, 2.75) is 24.9 Å². The number of hydrogen-bond donors (Lipinski definition) is 2. The van der Waals surface area contributed by atoms with Crippen LogP contribution >= 0.6 is 7.82 Å². The number of phosphoric ester groups is 1. The van der Waals surface area contributed by atoms with Crippen LogP contribution in [0.4, 0.5) is 0 Å². The van der Waals surface area contributed by atoms with E-state index in [4.69, 9.17) is 4.74 Å². The molecule has 1 fully saturated rings. The van der Waals surface area contributed by atoms with E-state index in [9.17, 15) is 24.3 Å². The number of nitrogens with zero attached hydrogens (tertiary/aromatic N) is 3. The monoisotopic (exact) mass is 376 g/mol. The van der Waals surface area contributed by atoms with E-state index in [1.807, 2.05) is 0 Å². The maximum absolute atomic E-state index is 11.6. The maximum Gasteiger partial charge on any atom is 1.00 e. The van der Waals surface area contributed by atoms with Crippen molar-refractivity contribution in [2.75, 3.05) is 6.61 Å². The minimum absolute atomic E-state index is 0. The predicted octanol–water partition coefficient (Wildman–Crippen LogP) is -8.38. The SMILES string of the molecule is O=c1[nH]cnc2c1ncn2[C@H]1C[C@@H](O)[C@@H](COP(=O)([O-])[O-])O1.[Na+].[Na+]. The predicted molar refractivity (Wildman–Crippen MR) is 66.2 cm³/mol. The van der Waals surface area contributed by atoms with Crippen LogP contribution in [-0.4, -0.2) is 43.4 Å². The van der Waals surface area contributed by atoms with Gasteiger partial charge in [0.1, 0.15) is 12.3 Å². The van der Waals surface area contributed by atoms with Gasteiger partial charge >= 0.3 is 59.1 Å². The Labute approximate surface area is 179 Å². The second-order valence-electron chi connectivity index (χ2n) is 4.73. The third-order valence-electron chi connectivity index (χ3n) is 3.28. The molecule has 11 nitrogen and oxygen atoms in total. The molecule has 0 amide bonds. The number of aromatic nitrogens is 4. The molecule has 0 spiro atoms. The Hall–Kier alpha value is 0.380. The standard InChI is InChI=1S/C10H13N4O7P.2Na/c15-5-1-7(21-6(5)2-20-22(17,18)19)14-4-13-8-9(14)11-3-12-10(8)16;;/h3-7,15H,1-2H2,(H,11,12,16)(H2,17,18,19);;/q;2*+1/p-2/t5-,6-,7-;;/m1../s1. The molecule has 1 saturated heterocycles. The molecular weight excluding hydrogens is 365 g/mol. The number of fused-ring (bicyclic) bond motifs is 1. The van der Waals surface area contributed by atoms with Crippen LogP contribution < -0.4 is 74.5 Å². The number of aliphatic hydroxyl groups excluding tert-OH is 1. The van der Waals surface area contributed by atoms with Gasteiger partial charge in [-0.15, -0.1) is 0 Å². The quantitative estimate of drug-likeness (QED) is 0.389. The number of ether oxygens (including phenoxy) is 1. The molecular formula is C10H11N4Na2O7P. The molecule has 2 aromatic heterocycles. The van der Waals surface area contributed by atoms with E-state index in [0.29, 0.717) is 0 Å². The van der Waals surface area contributed by atoms with Gasteiger partial charge in [-0.2, -0.15) is 0 Å². The number of phosphoric acid groups is 1. The largest absolute Gasteiger partial charge is 1.00 e. The van der Waals surface area contributed by atoms with Crippen molar-refractivity contribution >= 4 is 19.0 Å². The summed E-state index contributed by atoms with van der Waals surface area (Å²) >= 11 is 0. The van der Waals surface area contributed by atoms with Crippen molar-refractivity contribution in [2.24, 2.45) is 0 Å². The molecule has 1 aliphatic rings. The summed E-state index contributed by atoms with van der Waals surface area (Å²) in [6.45, 7) is -0.581. The van der Waals surface area contributed by atoms with Crippen LogP contribution in [0.2, 0.25) is 0 Å². The van der Waals surface area contributed by atoms with Crippen molar-refractivity contribution < 1.29 is 87.8 Å². The molecule has 3 atom stereocenters. The number of rotatable bonds is 4. The molecule has 0 saturated carbocycles. The van der Waals surface area contributed by atoms with Crippen LogP contribution in [0, 0.1) is 0 Å². The van der Waals surface area contributed by atoms with Gasteiger partial charge in [0.2, 0.25) is 0 Å². The van der Waals surface area contributed by atoms with Crippen LogP contribution in [0.3, 0.4) is 0 Å². The molecule has 0 bridgehead atoms. The summed E-state index contributed by atoms with van der Waals surface area (Å²) in [6, 6.07) is 0. The first-order chi connectivity index (χ1) is 10.3. The second-order valence-corrected chi connectivity index (χ2v) is 5.88. The minimum atomic E-state index is -5.14.